The van der Waals surface area contributed by atoms with Crippen molar-refractivity contribution in [2.45, 2.75) is 31.0 Å². The Morgan fingerprint density at radius 1 is 1.56 bits per heavy atom. The van der Waals surface area contributed by atoms with Crippen LogP contribution >= 0.6 is 23.2 Å². The molecule has 1 nitrogen and oxygen atoms in total. The van der Waals surface area contributed by atoms with E-state index >= 15 is 0 Å². The lowest BCUT2D eigenvalue weighted by Crippen LogP contribution is -2.30. The van der Waals surface area contributed by atoms with Gasteiger partial charge in [-0.15, -0.1) is 23.2 Å². The molecule has 0 aromatic rings. The van der Waals surface area contributed by atoms with Crippen molar-refractivity contribution in [3.63, 3.8) is 0 Å². The zero-order valence-electron chi connectivity index (χ0n) is 5.74. The molecule has 1 atom stereocenters. The summed E-state index contributed by atoms with van der Waals surface area (Å²) in [5.74, 6) is -0.133. The summed E-state index contributed by atoms with van der Waals surface area (Å²) in [5.41, 5.74) is 0. The van der Waals surface area contributed by atoms with E-state index in [9.17, 15) is 4.79 Å². The second-order valence-corrected chi connectivity index (χ2v) is 4.05. The van der Waals surface area contributed by atoms with Gasteiger partial charge in [0.2, 0.25) is 0 Å². The first-order chi connectivity index (χ1) is 3.85. The van der Waals surface area contributed by atoms with Gasteiger partial charge in [-0.1, -0.05) is 0 Å². The number of hydrogen-bond donors (Lipinski definition) is 0. The SMILES string of the molecule is CC(Cl)C(=O)C(C)(C)Cl. The Labute approximate surface area is 65.3 Å². The Kier molecular flexibility index (Phi) is 2.97. The van der Waals surface area contributed by atoms with Crippen molar-refractivity contribution in [1.82, 2.24) is 0 Å². The molecule has 0 bridgehead atoms. The van der Waals surface area contributed by atoms with E-state index < -0.39 is 10.3 Å². The van der Waals surface area contributed by atoms with Gasteiger partial charge in [0.15, 0.2) is 5.78 Å². The number of carbonyl (C=O) groups is 1. The summed E-state index contributed by atoms with van der Waals surface area (Å²) < 4.78 is 0. The maximum absolute atomic E-state index is 10.9. The van der Waals surface area contributed by atoms with E-state index in [0.29, 0.717) is 0 Å². The second kappa shape index (κ2) is 2.89. The molecule has 0 heterocycles. The smallest absolute Gasteiger partial charge is 0.170 e. The van der Waals surface area contributed by atoms with Crippen LogP contribution in [0.2, 0.25) is 0 Å². The first-order valence-corrected chi connectivity index (χ1v) is 3.54. The molecule has 0 aromatic heterocycles. The van der Waals surface area contributed by atoms with Gasteiger partial charge in [0.25, 0.3) is 0 Å². The van der Waals surface area contributed by atoms with Crippen molar-refractivity contribution in [2.24, 2.45) is 0 Å². The Morgan fingerprint density at radius 2 is 1.89 bits per heavy atom. The molecule has 0 aliphatic heterocycles. The highest BCUT2D eigenvalue weighted by Gasteiger charge is 2.27. The van der Waals surface area contributed by atoms with E-state index in [2.05, 4.69) is 0 Å². The fraction of sp³-hybridized carbons (Fsp3) is 0.833. The zero-order chi connectivity index (χ0) is 7.65. The predicted molar refractivity (Wildman–Crippen MR) is 40.3 cm³/mol. The van der Waals surface area contributed by atoms with Crippen molar-refractivity contribution in [1.29, 1.82) is 0 Å². The van der Waals surface area contributed by atoms with Gasteiger partial charge in [-0.25, -0.2) is 0 Å². The van der Waals surface area contributed by atoms with Crippen LogP contribution in [0.3, 0.4) is 0 Å². The fourth-order valence-corrected chi connectivity index (χ4v) is 0.965. The van der Waals surface area contributed by atoms with Gasteiger partial charge in [-0.2, -0.15) is 0 Å². The van der Waals surface area contributed by atoms with E-state index in [-0.39, 0.29) is 5.78 Å². The van der Waals surface area contributed by atoms with Crippen molar-refractivity contribution in [3.05, 3.63) is 0 Å². The van der Waals surface area contributed by atoms with Crippen molar-refractivity contribution >= 4 is 29.0 Å². The minimum atomic E-state index is -0.818. The number of halogens is 2. The molecular formula is C6H10Cl2O. The number of alkyl halides is 2. The number of carbonyl (C=O) groups excluding carboxylic acids is 1. The van der Waals surface area contributed by atoms with Crippen LogP contribution in [0, 0.1) is 0 Å². The molecule has 0 N–H and O–H groups in total. The largest absolute Gasteiger partial charge is 0.296 e. The van der Waals surface area contributed by atoms with Gasteiger partial charge in [-0.05, 0) is 20.8 Å². The molecule has 0 aromatic carbocycles. The Hall–Kier alpha value is 0.250. The molecular weight excluding hydrogens is 159 g/mol. The van der Waals surface area contributed by atoms with E-state index in [0.717, 1.165) is 0 Å². The quantitative estimate of drug-likeness (QED) is 0.579. The van der Waals surface area contributed by atoms with Crippen LogP contribution in [0.15, 0.2) is 0 Å². The molecule has 0 aliphatic carbocycles. The van der Waals surface area contributed by atoms with Gasteiger partial charge < -0.3 is 0 Å². The third-order valence-electron chi connectivity index (χ3n) is 0.947. The normalized spacial score (nSPS) is 15.2. The molecule has 9 heavy (non-hydrogen) atoms. The maximum atomic E-state index is 10.9. The number of hydrogen-bond acceptors (Lipinski definition) is 1. The average molecular weight is 169 g/mol. The van der Waals surface area contributed by atoms with Crippen LogP contribution in [0.4, 0.5) is 0 Å². The van der Waals surface area contributed by atoms with Crippen LogP contribution in [0.1, 0.15) is 20.8 Å². The third-order valence-corrected chi connectivity index (χ3v) is 1.33. The van der Waals surface area contributed by atoms with Crippen LogP contribution < -0.4 is 0 Å². The molecule has 0 rings (SSSR count). The summed E-state index contributed by atoms with van der Waals surface area (Å²) >= 11 is 11.1. The molecule has 0 spiro atoms. The summed E-state index contributed by atoms with van der Waals surface area (Å²) in [5, 5.41) is -0.488. The molecule has 54 valence electrons. The predicted octanol–water partition coefficient (Wildman–Crippen LogP) is 2.20. The fourth-order valence-electron chi connectivity index (χ4n) is 0.473. The van der Waals surface area contributed by atoms with E-state index in [1.54, 1.807) is 20.8 Å². The zero-order valence-corrected chi connectivity index (χ0v) is 7.25. The van der Waals surface area contributed by atoms with E-state index in [1.807, 2.05) is 0 Å². The highest BCUT2D eigenvalue weighted by Crippen LogP contribution is 2.17. The highest BCUT2D eigenvalue weighted by atomic mass is 35.5. The second-order valence-electron chi connectivity index (χ2n) is 2.45. The van der Waals surface area contributed by atoms with Crippen LogP contribution in [-0.2, 0) is 4.79 Å². The molecule has 0 amide bonds. The van der Waals surface area contributed by atoms with Gasteiger partial charge in [0, 0.05) is 0 Å². The minimum absolute atomic E-state index is 0.133. The molecule has 0 radical (unpaired) electrons. The lowest BCUT2D eigenvalue weighted by atomic mass is 10.1. The van der Waals surface area contributed by atoms with E-state index in [1.165, 1.54) is 0 Å². The first-order valence-electron chi connectivity index (χ1n) is 2.73. The summed E-state index contributed by atoms with van der Waals surface area (Å²) in [6, 6.07) is 0. The van der Waals surface area contributed by atoms with Crippen molar-refractivity contribution in [2.75, 3.05) is 0 Å². The van der Waals surface area contributed by atoms with Crippen LogP contribution in [-0.4, -0.2) is 16.0 Å². The van der Waals surface area contributed by atoms with E-state index in [4.69, 9.17) is 23.2 Å². The van der Waals surface area contributed by atoms with Gasteiger partial charge >= 0.3 is 0 Å². The summed E-state index contributed by atoms with van der Waals surface area (Å²) in [6.07, 6.45) is 0. The van der Waals surface area contributed by atoms with Gasteiger partial charge in [-0.3, -0.25) is 4.79 Å². The molecule has 1 unspecified atom stereocenters. The van der Waals surface area contributed by atoms with Crippen LogP contribution in [0.5, 0.6) is 0 Å². The van der Waals surface area contributed by atoms with Gasteiger partial charge in [0.1, 0.15) is 0 Å². The minimum Gasteiger partial charge on any atom is -0.296 e. The first kappa shape index (κ1) is 9.25. The van der Waals surface area contributed by atoms with Crippen molar-refractivity contribution in [3.8, 4) is 0 Å². The van der Waals surface area contributed by atoms with Crippen molar-refractivity contribution < 1.29 is 4.79 Å². The third kappa shape index (κ3) is 3.07. The Bertz CT molecular complexity index is 113. The average Bonchev–Trinajstić information content (AvgIpc) is 1.62. The monoisotopic (exact) mass is 168 g/mol. The van der Waals surface area contributed by atoms with Gasteiger partial charge in [0.05, 0.1) is 10.3 Å². The van der Waals surface area contributed by atoms with Crippen LogP contribution in [0.25, 0.3) is 0 Å². The summed E-state index contributed by atoms with van der Waals surface area (Å²) in [7, 11) is 0. The topological polar surface area (TPSA) is 17.1 Å². The number of rotatable bonds is 2. The molecule has 0 saturated carbocycles. The summed E-state index contributed by atoms with van der Waals surface area (Å²) in [4.78, 5) is 10.1. The number of Topliss-reactive ketones (excluding diaryl/α,β-unsaturated/α-hetero) is 1. The summed E-state index contributed by atoms with van der Waals surface area (Å²) in [6.45, 7) is 4.89. The maximum Gasteiger partial charge on any atom is 0.170 e. The lowest BCUT2D eigenvalue weighted by Gasteiger charge is -2.14. The standard InChI is InChI=1S/C6H10Cl2O/c1-4(7)5(9)6(2,3)8/h4H,1-3H3. The highest BCUT2D eigenvalue weighted by molar-refractivity contribution is 6.42. The molecule has 0 saturated heterocycles. The molecule has 3 heteroatoms. The Morgan fingerprint density at radius 3 is 1.89 bits per heavy atom. The molecule has 0 fully saturated rings. The lowest BCUT2D eigenvalue weighted by molar-refractivity contribution is -0.120. The Balaban J connectivity index is 4.06. The molecule has 0 aliphatic rings. The number of ketones is 1.